The lowest BCUT2D eigenvalue weighted by atomic mass is 9.88. The van der Waals surface area contributed by atoms with Crippen molar-refractivity contribution in [2.24, 2.45) is 13.0 Å². The average Bonchev–Trinajstić information content (AvgIpc) is 2.59. The molecule has 0 radical (unpaired) electrons. The van der Waals surface area contributed by atoms with Crippen molar-refractivity contribution < 1.29 is 9.90 Å². The molecule has 3 heteroatoms. The second-order valence-corrected chi connectivity index (χ2v) is 4.80. The van der Waals surface area contributed by atoms with Gasteiger partial charge in [-0.25, -0.2) is 0 Å². The Balaban J connectivity index is 2.51. The fourth-order valence-corrected chi connectivity index (χ4v) is 2.31. The van der Waals surface area contributed by atoms with E-state index in [-0.39, 0.29) is 5.92 Å². The normalized spacial score (nSPS) is 13.2. The van der Waals surface area contributed by atoms with Crippen molar-refractivity contribution in [2.45, 2.75) is 19.8 Å². The SMILES string of the molecule is CC(C)C(C(=O)O)c1ccc2c(ccn2C)c1. The quantitative estimate of drug-likeness (QED) is 0.882. The van der Waals surface area contributed by atoms with E-state index < -0.39 is 11.9 Å². The number of hydrogen-bond acceptors (Lipinski definition) is 1. The molecule has 3 nitrogen and oxygen atoms in total. The molecule has 1 N–H and O–H groups in total. The number of aryl methyl sites for hydroxylation is 1. The van der Waals surface area contributed by atoms with E-state index >= 15 is 0 Å². The van der Waals surface area contributed by atoms with E-state index in [1.807, 2.05) is 55.9 Å². The number of carboxylic acid groups (broad SMARTS) is 1. The van der Waals surface area contributed by atoms with Crippen LogP contribution in [0.4, 0.5) is 0 Å². The van der Waals surface area contributed by atoms with E-state index in [1.54, 1.807) is 0 Å². The first-order chi connectivity index (χ1) is 8.00. The standard InChI is InChI=1S/C14H17NO2/c1-9(2)13(14(16)17)11-4-5-12-10(8-11)6-7-15(12)3/h4-9,13H,1-3H3,(H,16,17). The Morgan fingerprint density at radius 1 is 1.29 bits per heavy atom. The topological polar surface area (TPSA) is 42.2 Å². The molecule has 1 atom stereocenters. The molecular weight excluding hydrogens is 214 g/mol. The molecule has 1 heterocycles. The summed E-state index contributed by atoms with van der Waals surface area (Å²) in [5.74, 6) is -1.09. The molecule has 1 unspecified atom stereocenters. The first kappa shape index (κ1) is 11.7. The van der Waals surface area contributed by atoms with Crippen LogP contribution in [-0.4, -0.2) is 15.6 Å². The van der Waals surface area contributed by atoms with Crippen LogP contribution in [-0.2, 0) is 11.8 Å². The molecule has 2 aromatic rings. The number of benzene rings is 1. The zero-order valence-corrected chi connectivity index (χ0v) is 10.3. The summed E-state index contributed by atoms with van der Waals surface area (Å²) < 4.78 is 2.03. The Morgan fingerprint density at radius 2 is 2.00 bits per heavy atom. The molecule has 0 saturated heterocycles. The number of aromatic nitrogens is 1. The number of fused-ring (bicyclic) bond motifs is 1. The van der Waals surface area contributed by atoms with E-state index in [0.29, 0.717) is 0 Å². The van der Waals surface area contributed by atoms with E-state index in [4.69, 9.17) is 0 Å². The van der Waals surface area contributed by atoms with Gasteiger partial charge in [0.05, 0.1) is 5.92 Å². The van der Waals surface area contributed by atoms with Gasteiger partial charge in [-0.05, 0) is 35.1 Å². The van der Waals surface area contributed by atoms with Crippen LogP contribution < -0.4 is 0 Å². The Morgan fingerprint density at radius 3 is 2.59 bits per heavy atom. The minimum Gasteiger partial charge on any atom is -0.481 e. The lowest BCUT2D eigenvalue weighted by Gasteiger charge is -2.16. The van der Waals surface area contributed by atoms with Crippen LogP contribution >= 0.6 is 0 Å². The summed E-state index contributed by atoms with van der Waals surface area (Å²) >= 11 is 0. The molecule has 0 spiro atoms. The Bertz CT molecular complexity index is 554. The van der Waals surface area contributed by atoms with Crippen LogP contribution in [0.15, 0.2) is 30.5 Å². The van der Waals surface area contributed by atoms with Gasteiger partial charge in [0.25, 0.3) is 0 Å². The highest BCUT2D eigenvalue weighted by atomic mass is 16.4. The van der Waals surface area contributed by atoms with Crippen molar-refractivity contribution in [3.8, 4) is 0 Å². The number of aliphatic carboxylic acids is 1. The minimum absolute atomic E-state index is 0.0914. The molecule has 1 aromatic heterocycles. The summed E-state index contributed by atoms with van der Waals surface area (Å²) in [6, 6.07) is 7.90. The van der Waals surface area contributed by atoms with Gasteiger partial charge in [-0.1, -0.05) is 19.9 Å². The second kappa shape index (κ2) is 4.24. The van der Waals surface area contributed by atoms with Gasteiger partial charge in [-0.2, -0.15) is 0 Å². The van der Waals surface area contributed by atoms with Crippen molar-refractivity contribution in [3.63, 3.8) is 0 Å². The third kappa shape index (κ3) is 2.05. The molecule has 0 aliphatic heterocycles. The smallest absolute Gasteiger partial charge is 0.311 e. The van der Waals surface area contributed by atoms with E-state index in [9.17, 15) is 9.90 Å². The van der Waals surface area contributed by atoms with Crippen molar-refractivity contribution in [3.05, 3.63) is 36.0 Å². The van der Waals surface area contributed by atoms with Crippen molar-refractivity contribution in [1.82, 2.24) is 4.57 Å². The number of hydrogen-bond donors (Lipinski definition) is 1. The fourth-order valence-electron chi connectivity index (χ4n) is 2.31. The van der Waals surface area contributed by atoms with Crippen LogP contribution in [0.2, 0.25) is 0 Å². The molecule has 0 aliphatic rings. The molecule has 0 bridgehead atoms. The number of carbonyl (C=O) groups is 1. The summed E-state index contributed by atoms with van der Waals surface area (Å²) in [5.41, 5.74) is 2.01. The largest absolute Gasteiger partial charge is 0.481 e. The van der Waals surface area contributed by atoms with Gasteiger partial charge in [-0.15, -0.1) is 0 Å². The molecule has 0 aliphatic carbocycles. The highest BCUT2D eigenvalue weighted by molar-refractivity contribution is 5.84. The molecule has 0 fully saturated rings. The number of carboxylic acids is 1. The summed E-state index contributed by atoms with van der Waals surface area (Å²) in [6.45, 7) is 3.88. The van der Waals surface area contributed by atoms with Crippen molar-refractivity contribution >= 4 is 16.9 Å². The van der Waals surface area contributed by atoms with E-state index in [0.717, 1.165) is 16.5 Å². The molecule has 17 heavy (non-hydrogen) atoms. The maximum Gasteiger partial charge on any atom is 0.311 e. The van der Waals surface area contributed by atoms with E-state index in [1.165, 1.54) is 0 Å². The maximum atomic E-state index is 11.3. The maximum absolute atomic E-state index is 11.3. The summed E-state index contributed by atoms with van der Waals surface area (Å²) in [5, 5.41) is 10.4. The summed E-state index contributed by atoms with van der Waals surface area (Å²) in [4.78, 5) is 11.3. The number of rotatable bonds is 3. The van der Waals surface area contributed by atoms with Crippen LogP contribution in [0.1, 0.15) is 25.3 Å². The second-order valence-electron chi connectivity index (χ2n) is 4.80. The molecule has 0 saturated carbocycles. The predicted octanol–water partition coefficient (Wildman–Crippen LogP) is 3.00. The minimum atomic E-state index is -0.754. The van der Waals surface area contributed by atoms with Gasteiger partial charge in [0, 0.05) is 18.8 Å². The average molecular weight is 231 g/mol. The van der Waals surface area contributed by atoms with Gasteiger partial charge in [0.1, 0.15) is 0 Å². The zero-order valence-electron chi connectivity index (χ0n) is 10.3. The van der Waals surface area contributed by atoms with Gasteiger partial charge >= 0.3 is 5.97 Å². The lowest BCUT2D eigenvalue weighted by Crippen LogP contribution is -2.17. The first-order valence-corrected chi connectivity index (χ1v) is 5.78. The van der Waals surface area contributed by atoms with Crippen LogP contribution in [0.3, 0.4) is 0 Å². The van der Waals surface area contributed by atoms with Crippen LogP contribution in [0, 0.1) is 5.92 Å². The third-order valence-corrected chi connectivity index (χ3v) is 3.20. The van der Waals surface area contributed by atoms with Gasteiger partial charge in [0.15, 0.2) is 0 Å². The Hall–Kier alpha value is -1.77. The zero-order chi connectivity index (χ0) is 12.6. The summed E-state index contributed by atoms with van der Waals surface area (Å²) in [7, 11) is 1.99. The monoisotopic (exact) mass is 231 g/mol. The summed E-state index contributed by atoms with van der Waals surface area (Å²) in [6.07, 6.45) is 1.99. The van der Waals surface area contributed by atoms with Gasteiger partial charge in [0.2, 0.25) is 0 Å². The Kier molecular flexibility index (Phi) is 2.92. The van der Waals surface area contributed by atoms with E-state index in [2.05, 4.69) is 0 Å². The third-order valence-electron chi connectivity index (χ3n) is 3.20. The van der Waals surface area contributed by atoms with Gasteiger partial charge < -0.3 is 9.67 Å². The van der Waals surface area contributed by atoms with Crippen LogP contribution in [0.5, 0.6) is 0 Å². The highest BCUT2D eigenvalue weighted by Gasteiger charge is 2.23. The molecule has 2 rings (SSSR count). The van der Waals surface area contributed by atoms with Gasteiger partial charge in [-0.3, -0.25) is 4.79 Å². The molecular formula is C14H17NO2. The van der Waals surface area contributed by atoms with Crippen molar-refractivity contribution in [2.75, 3.05) is 0 Å². The highest BCUT2D eigenvalue weighted by Crippen LogP contribution is 2.27. The molecule has 0 amide bonds. The first-order valence-electron chi connectivity index (χ1n) is 5.78. The lowest BCUT2D eigenvalue weighted by molar-refractivity contribution is -0.139. The van der Waals surface area contributed by atoms with Crippen molar-refractivity contribution in [1.29, 1.82) is 0 Å². The van der Waals surface area contributed by atoms with Crippen LogP contribution in [0.25, 0.3) is 10.9 Å². The Labute approximate surface area is 101 Å². The number of nitrogens with zero attached hydrogens (tertiary/aromatic N) is 1. The molecule has 1 aromatic carbocycles. The molecule has 90 valence electrons. The fraction of sp³-hybridized carbons (Fsp3) is 0.357. The predicted molar refractivity (Wildman–Crippen MR) is 68.1 cm³/mol.